The Bertz CT molecular complexity index is 728. The third kappa shape index (κ3) is 4.16. The second kappa shape index (κ2) is 8.13. The molecule has 4 rings (SSSR count). The molecule has 1 saturated heterocycles. The summed E-state index contributed by atoms with van der Waals surface area (Å²) in [5.74, 6) is 0. The van der Waals surface area contributed by atoms with Crippen LogP contribution >= 0.6 is 0 Å². The number of carbonyl (C=O) groups is 1. The molecule has 2 heterocycles. The van der Waals surface area contributed by atoms with Gasteiger partial charge in [-0.2, -0.15) is 0 Å². The summed E-state index contributed by atoms with van der Waals surface area (Å²) < 4.78 is 1.97. The second-order valence-corrected chi connectivity index (χ2v) is 7.69. The summed E-state index contributed by atoms with van der Waals surface area (Å²) in [5, 5.41) is 3.15. The number of urea groups is 1. The highest BCUT2D eigenvalue weighted by atomic mass is 16.2. The van der Waals surface area contributed by atoms with Crippen molar-refractivity contribution in [2.24, 2.45) is 0 Å². The van der Waals surface area contributed by atoms with Crippen molar-refractivity contribution in [1.82, 2.24) is 24.7 Å². The van der Waals surface area contributed by atoms with Crippen LogP contribution in [-0.2, 0) is 0 Å². The van der Waals surface area contributed by atoms with E-state index in [4.69, 9.17) is 0 Å². The maximum Gasteiger partial charge on any atom is 0.317 e. The van der Waals surface area contributed by atoms with E-state index in [9.17, 15) is 4.79 Å². The van der Waals surface area contributed by atoms with Crippen molar-refractivity contribution in [3.8, 4) is 5.69 Å². The fourth-order valence-corrected chi connectivity index (χ4v) is 4.27. The minimum atomic E-state index is -0.0119. The molecule has 2 aliphatic rings. The molecule has 2 amide bonds. The number of amides is 2. The van der Waals surface area contributed by atoms with Gasteiger partial charge in [-0.05, 0) is 37.5 Å². The van der Waals surface area contributed by atoms with Crippen molar-refractivity contribution < 1.29 is 4.79 Å². The Morgan fingerprint density at radius 2 is 1.81 bits per heavy atom. The fraction of sp³-hybridized carbons (Fsp3) is 0.524. The van der Waals surface area contributed by atoms with Gasteiger partial charge in [0.25, 0.3) is 0 Å². The highest BCUT2D eigenvalue weighted by Crippen LogP contribution is 2.24. The Balaban J connectivity index is 1.29. The molecular formula is C21H29N5O. The standard InChI is InChI=1S/C21H29N5O/c1-17(18-6-8-20(9-7-18)26-11-10-22-16-26)23-21(27)25-14-12-24(13-15-25)19-4-2-3-5-19/h6-11,16-17,19H,2-5,12-15H2,1H3,(H,23,27). The summed E-state index contributed by atoms with van der Waals surface area (Å²) >= 11 is 0. The fourth-order valence-electron chi connectivity index (χ4n) is 4.27. The maximum absolute atomic E-state index is 12.6. The molecule has 1 aliphatic heterocycles. The van der Waals surface area contributed by atoms with E-state index < -0.39 is 0 Å². The van der Waals surface area contributed by atoms with Crippen molar-refractivity contribution in [3.05, 3.63) is 48.5 Å². The summed E-state index contributed by atoms with van der Waals surface area (Å²) in [5.41, 5.74) is 2.18. The van der Waals surface area contributed by atoms with E-state index in [1.807, 2.05) is 22.6 Å². The number of aromatic nitrogens is 2. The van der Waals surface area contributed by atoms with Gasteiger partial charge < -0.3 is 14.8 Å². The predicted octanol–water partition coefficient (Wildman–Crippen LogP) is 3.20. The topological polar surface area (TPSA) is 53.4 Å². The summed E-state index contributed by atoms with van der Waals surface area (Å²) in [6, 6.07) is 9.04. The average molecular weight is 367 g/mol. The Hall–Kier alpha value is -2.34. The van der Waals surface area contributed by atoms with Gasteiger partial charge in [0.05, 0.1) is 12.4 Å². The van der Waals surface area contributed by atoms with E-state index >= 15 is 0 Å². The molecule has 6 nitrogen and oxygen atoms in total. The Kier molecular flexibility index (Phi) is 5.43. The van der Waals surface area contributed by atoms with Gasteiger partial charge in [0.2, 0.25) is 0 Å². The molecular weight excluding hydrogens is 338 g/mol. The first kappa shape index (κ1) is 18.0. The molecule has 1 aromatic carbocycles. The lowest BCUT2D eigenvalue weighted by atomic mass is 10.1. The lowest BCUT2D eigenvalue weighted by molar-refractivity contribution is 0.108. The van der Waals surface area contributed by atoms with E-state index in [0.29, 0.717) is 0 Å². The molecule has 144 valence electrons. The van der Waals surface area contributed by atoms with Crippen LogP contribution < -0.4 is 5.32 Å². The van der Waals surface area contributed by atoms with Crippen LogP contribution in [0.25, 0.3) is 5.69 Å². The molecule has 6 heteroatoms. The van der Waals surface area contributed by atoms with Gasteiger partial charge in [-0.3, -0.25) is 4.90 Å². The smallest absolute Gasteiger partial charge is 0.317 e. The molecule has 1 unspecified atom stereocenters. The number of nitrogens with zero attached hydrogens (tertiary/aromatic N) is 4. The summed E-state index contributed by atoms with van der Waals surface area (Å²) in [7, 11) is 0. The van der Waals surface area contributed by atoms with E-state index in [1.54, 1.807) is 12.5 Å². The molecule has 1 saturated carbocycles. The quantitative estimate of drug-likeness (QED) is 0.903. The maximum atomic E-state index is 12.6. The average Bonchev–Trinajstić information content (AvgIpc) is 3.42. The number of carbonyl (C=O) groups excluding carboxylic acids is 1. The van der Waals surface area contributed by atoms with Crippen molar-refractivity contribution in [1.29, 1.82) is 0 Å². The molecule has 0 bridgehead atoms. The number of hydrogen-bond donors (Lipinski definition) is 1. The van der Waals surface area contributed by atoms with Crippen LogP contribution in [0.2, 0.25) is 0 Å². The summed E-state index contributed by atoms with van der Waals surface area (Å²) in [6.45, 7) is 5.71. The van der Waals surface area contributed by atoms with Crippen LogP contribution in [-0.4, -0.2) is 57.6 Å². The third-order valence-electron chi connectivity index (χ3n) is 5.98. The van der Waals surface area contributed by atoms with E-state index in [-0.39, 0.29) is 12.1 Å². The zero-order valence-corrected chi connectivity index (χ0v) is 16.1. The lowest BCUT2D eigenvalue weighted by Crippen LogP contribution is -2.54. The van der Waals surface area contributed by atoms with Gasteiger partial charge in [-0.25, -0.2) is 9.78 Å². The highest BCUT2D eigenvalue weighted by molar-refractivity contribution is 5.74. The molecule has 0 radical (unpaired) electrons. The number of benzene rings is 1. The van der Waals surface area contributed by atoms with Gasteiger partial charge in [-0.1, -0.05) is 25.0 Å². The zero-order chi connectivity index (χ0) is 18.6. The minimum absolute atomic E-state index is 0.0119. The van der Waals surface area contributed by atoms with Gasteiger partial charge in [0.15, 0.2) is 0 Å². The van der Waals surface area contributed by atoms with Crippen LogP contribution in [0, 0.1) is 0 Å². The SMILES string of the molecule is CC(NC(=O)N1CCN(C2CCCC2)CC1)c1ccc(-n2ccnc2)cc1. The van der Waals surface area contributed by atoms with E-state index in [2.05, 4.69) is 39.5 Å². The predicted molar refractivity (Wildman–Crippen MR) is 106 cm³/mol. The van der Waals surface area contributed by atoms with Gasteiger partial charge in [0, 0.05) is 50.3 Å². The normalized spacial score (nSPS) is 20.0. The summed E-state index contributed by atoms with van der Waals surface area (Å²) in [6.07, 6.45) is 10.9. The van der Waals surface area contributed by atoms with Crippen LogP contribution in [0.1, 0.15) is 44.2 Å². The van der Waals surface area contributed by atoms with Gasteiger partial charge >= 0.3 is 6.03 Å². The van der Waals surface area contributed by atoms with E-state index in [0.717, 1.165) is 43.5 Å². The Morgan fingerprint density at radius 3 is 2.44 bits per heavy atom. The molecule has 1 N–H and O–H groups in total. The molecule has 2 aromatic rings. The molecule has 1 aromatic heterocycles. The first-order valence-corrected chi connectivity index (χ1v) is 10.1. The summed E-state index contributed by atoms with van der Waals surface area (Å²) in [4.78, 5) is 21.3. The second-order valence-electron chi connectivity index (χ2n) is 7.69. The van der Waals surface area contributed by atoms with Crippen LogP contribution in [0.4, 0.5) is 4.79 Å². The number of imidazole rings is 1. The molecule has 2 fully saturated rings. The van der Waals surface area contributed by atoms with Crippen LogP contribution in [0.15, 0.2) is 43.0 Å². The van der Waals surface area contributed by atoms with Gasteiger partial charge in [0.1, 0.15) is 0 Å². The molecule has 0 spiro atoms. The van der Waals surface area contributed by atoms with Crippen molar-refractivity contribution in [2.45, 2.75) is 44.7 Å². The molecule has 1 atom stereocenters. The van der Waals surface area contributed by atoms with Crippen LogP contribution in [0.5, 0.6) is 0 Å². The zero-order valence-electron chi connectivity index (χ0n) is 16.1. The highest BCUT2D eigenvalue weighted by Gasteiger charge is 2.28. The van der Waals surface area contributed by atoms with Crippen LogP contribution in [0.3, 0.4) is 0 Å². The first-order valence-electron chi connectivity index (χ1n) is 10.1. The number of nitrogens with one attached hydrogen (secondary N) is 1. The van der Waals surface area contributed by atoms with Gasteiger partial charge in [-0.15, -0.1) is 0 Å². The van der Waals surface area contributed by atoms with Crippen molar-refractivity contribution >= 4 is 6.03 Å². The number of piperazine rings is 1. The van der Waals surface area contributed by atoms with Crippen molar-refractivity contribution in [3.63, 3.8) is 0 Å². The van der Waals surface area contributed by atoms with Crippen molar-refractivity contribution in [2.75, 3.05) is 26.2 Å². The third-order valence-corrected chi connectivity index (χ3v) is 5.98. The lowest BCUT2D eigenvalue weighted by Gasteiger charge is -2.38. The number of rotatable bonds is 4. The monoisotopic (exact) mass is 367 g/mol. The molecule has 1 aliphatic carbocycles. The minimum Gasteiger partial charge on any atom is -0.331 e. The Labute approximate surface area is 161 Å². The van der Waals surface area contributed by atoms with E-state index in [1.165, 1.54) is 25.7 Å². The number of hydrogen-bond acceptors (Lipinski definition) is 3. The Morgan fingerprint density at radius 1 is 1.11 bits per heavy atom. The largest absolute Gasteiger partial charge is 0.331 e. The first-order chi connectivity index (χ1) is 13.2. The molecule has 27 heavy (non-hydrogen) atoms.